The van der Waals surface area contributed by atoms with Crippen LogP contribution in [0.25, 0.3) is 0 Å². The molecule has 3 aromatic rings. The zero-order valence-electron chi connectivity index (χ0n) is 18.4. The van der Waals surface area contributed by atoms with Crippen LogP contribution in [0.2, 0.25) is 5.02 Å². The van der Waals surface area contributed by atoms with E-state index >= 15 is 0 Å². The Bertz CT molecular complexity index is 1290. The monoisotopic (exact) mass is 508 g/mol. The molecule has 0 unspecified atom stereocenters. The molecular weight excluding hydrogens is 489 g/mol. The van der Waals surface area contributed by atoms with E-state index in [0.29, 0.717) is 18.6 Å². The van der Waals surface area contributed by atoms with Crippen LogP contribution in [0.1, 0.15) is 42.1 Å². The van der Waals surface area contributed by atoms with Crippen molar-refractivity contribution in [2.24, 2.45) is 0 Å². The number of aromatic nitrogens is 2. The van der Waals surface area contributed by atoms with Gasteiger partial charge in [-0.3, -0.25) is 19.6 Å². The summed E-state index contributed by atoms with van der Waals surface area (Å²) in [6.45, 7) is 1.69. The Hall–Kier alpha value is -3.60. The van der Waals surface area contributed by atoms with E-state index in [1.807, 2.05) is 19.1 Å². The van der Waals surface area contributed by atoms with Gasteiger partial charge in [-0.15, -0.1) is 0 Å². The highest BCUT2D eigenvalue weighted by atomic mass is 35.5. The number of nitrogens with one attached hydrogen (secondary N) is 1. The van der Waals surface area contributed by atoms with Crippen molar-refractivity contribution in [1.82, 2.24) is 9.78 Å². The molecule has 1 aliphatic rings. The summed E-state index contributed by atoms with van der Waals surface area (Å²) in [7, 11) is 0. The lowest BCUT2D eigenvalue weighted by molar-refractivity contribution is -0.384. The molecule has 4 rings (SSSR count). The molecule has 0 saturated heterocycles. The van der Waals surface area contributed by atoms with E-state index in [4.69, 9.17) is 16.3 Å². The summed E-state index contributed by atoms with van der Waals surface area (Å²) >= 11 is 5.95. The van der Waals surface area contributed by atoms with Crippen LogP contribution in [0, 0.1) is 17.0 Å². The lowest BCUT2D eigenvalue weighted by Crippen LogP contribution is -2.16. The Morgan fingerprint density at radius 2 is 2.00 bits per heavy atom. The first kappa shape index (κ1) is 24.5. The van der Waals surface area contributed by atoms with Crippen molar-refractivity contribution in [2.45, 2.75) is 44.8 Å². The minimum absolute atomic E-state index is 0.115. The molecule has 2 aromatic carbocycles. The molecule has 8 nitrogen and oxygen atoms in total. The summed E-state index contributed by atoms with van der Waals surface area (Å²) in [5.41, 5.74) is -0.262. The fraction of sp³-hybridized carbons (Fsp3) is 0.304. The van der Waals surface area contributed by atoms with Crippen molar-refractivity contribution < 1.29 is 27.6 Å². The van der Waals surface area contributed by atoms with Crippen LogP contribution in [0.5, 0.6) is 11.5 Å². The highest BCUT2D eigenvalue weighted by Gasteiger charge is 2.42. The molecule has 184 valence electrons. The predicted molar refractivity (Wildman–Crippen MR) is 122 cm³/mol. The number of rotatable bonds is 8. The molecule has 0 spiro atoms. The number of carbonyl (C=O) groups is 1. The molecule has 0 bridgehead atoms. The fourth-order valence-corrected chi connectivity index (χ4v) is 4.00. The SMILES string of the molecule is Cc1ccccc1Oc1cc(NC(=O)CCn2nc(C(F)(F)F)c(Cl)c2C2CC2)cc([N+](=O)[O-])c1. The first-order valence-electron chi connectivity index (χ1n) is 10.7. The van der Waals surface area contributed by atoms with E-state index in [2.05, 4.69) is 10.4 Å². The number of nitro benzene ring substituents is 1. The molecule has 1 aromatic heterocycles. The van der Waals surface area contributed by atoms with Crippen molar-refractivity contribution in [2.75, 3.05) is 5.32 Å². The quantitative estimate of drug-likeness (QED) is 0.277. The molecular formula is C23H20ClF3N4O4. The Balaban J connectivity index is 1.50. The van der Waals surface area contributed by atoms with Gasteiger partial charge in [0.1, 0.15) is 11.5 Å². The maximum atomic E-state index is 13.2. The van der Waals surface area contributed by atoms with Gasteiger partial charge >= 0.3 is 6.18 Å². The molecule has 1 saturated carbocycles. The minimum Gasteiger partial charge on any atom is -0.457 e. The third kappa shape index (κ3) is 5.73. The third-order valence-corrected chi connectivity index (χ3v) is 5.79. The number of halogens is 4. The second-order valence-corrected chi connectivity index (χ2v) is 8.56. The molecule has 1 heterocycles. The maximum Gasteiger partial charge on any atom is 0.436 e. The van der Waals surface area contributed by atoms with Crippen molar-refractivity contribution >= 4 is 28.9 Å². The van der Waals surface area contributed by atoms with Gasteiger partial charge in [-0.25, -0.2) is 0 Å². The standard InChI is InChI=1S/C23H20ClF3N4O4/c1-13-4-2-3-5-18(13)35-17-11-15(10-16(12-17)31(33)34)28-19(32)8-9-30-21(14-6-7-14)20(24)22(29-30)23(25,26)27/h2-5,10-12,14H,6-9H2,1H3,(H,28,32). The number of anilines is 1. The van der Waals surface area contributed by atoms with Crippen LogP contribution in [-0.2, 0) is 17.5 Å². The molecule has 0 aliphatic heterocycles. The largest absolute Gasteiger partial charge is 0.457 e. The van der Waals surface area contributed by atoms with Crippen LogP contribution >= 0.6 is 11.6 Å². The molecule has 0 atom stereocenters. The normalized spacial score (nSPS) is 13.5. The number of hydrogen-bond acceptors (Lipinski definition) is 5. The van der Waals surface area contributed by atoms with Crippen molar-refractivity contribution in [1.29, 1.82) is 0 Å². The number of aryl methyl sites for hydroxylation is 2. The van der Waals surface area contributed by atoms with Crippen LogP contribution in [0.15, 0.2) is 42.5 Å². The number of para-hydroxylation sites is 1. The van der Waals surface area contributed by atoms with Crippen LogP contribution < -0.4 is 10.1 Å². The summed E-state index contributed by atoms with van der Waals surface area (Å²) in [5.74, 6) is -0.0382. The zero-order chi connectivity index (χ0) is 25.3. The number of nitro groups is 1. The highest BCUT2D eigenvalue weighted by Crippen LogP contribution is 2.47. The summed E-state index contributed by atoms with van der Waals surface area (Å²) in [6, 6.07) is 10.9. The van der Waals surface area contributed by atoms with Crippen LogP contribution in [0.4, 0.5) is 24.5 Å². The van der Waals surface area contributed by atoms with Crippen LogP contribution in [-0.4, -0.2) is 20.6 Å². The van der Waals surface area contributed by atoms with Gasteiger partial charge in [-0.2, -0.15) is 18.3 Å². The van der Waals surface area contributed by atoms with E-state index in [9.17, 15) is 28.1 Å². The molecule has 12 heteroatoms. The first-order valence-corrected chi connectivity index (χ1v) is 11.1. The van der Waals surface area contributed by atoms with E-state index in [-0.39, 0.29) is 41.7 Å². The van der Waals surface area contributed by atoms with Gasteiger partial charge in [-0.1, -0.05) is 29.8 Å². The number of amides is 1. The Morgan fingerprint density at radius 1 is 1.29 bits per heavy atom. The second kappa shape index (κ2) is 9.57. The molecule has 1 amide bonds. The van der Waals surface area contributed by atoms with Crippen molar-refractivity contribution in [3.63, 3.8) is 0 Å². The summed E-state index contributed by atoms with van der Waals surface area (Å²) in [4.78, 5) is 23.3. The number of hydrogen-bond donors (Lipinski definition) is 1. The average molecular weight is 509 g/mol. The third-order valence-electron chi connectivity index (χ3n) is 5.42. The topological polar surface area (TPSA) is 99.3 Å². The molecule has 1 aliphatic carbocycles. The van der Waals surface area contributed by atoms with Gasteiger partial charge in [0.05, 0.1) is 33.9 Å². The predicted octanol–water partition coefficient (Wildman–Crippen LogP) is 6.47. The number of non-ortho nitro benzene ring substituents is 1. The van der Waals surface area contributed by atoms with Crippen molar-refractivity contribution in [3.8, 4) is 11.5 Å². The zero-order valence-corrected chi connectivity index (χ0v) is 19.2. The number of nitrogens with zero attached hydrogens (tertiary/aromatic N) is 3. The van der Waals surface area contributed by atoms with E-state index in [1.165, 1.54) is 18.2 Å². The Kier molecular flexibility index (Phi) is 6.70. The van der Waals surface area contributed by atoms with Crippen molar-refractivity contribution in [3.05, 3.63) is 74.6 Å². The lowest BCUT2D eigenvalue weighted by atomic mass is 10.2. The molecule has 1 N–H and O–H groups in total. The van der Waals surface area contributed by atoms with Gasteiger partial charge in [-0.05, 0) is 31.4 Å². The second-order valence-electron chi connectivity index (χ2n) is 8.18. The number of alkyl halides is 3. The molecule has 1 fully saturated rings. The van der Waals surface area contributed by atoms with Gasteiger partial charge in [0.2, 0.25) is 5.91 Å². The van der Waals surface area contributed by atoms with Gasteiger partial charge < -0.3 is 10.1 Å². The van der Waals surface area contributed by atoms with Crippen LogP contribution in [0.3, 0.4) is 0 Å². The minimum atomic E-state index is -4.70. The van der Waals surface area contributed by atoms with Gasteiger partial charge in [0.25, 0.3) is 5.69 Å². The number of carbonyl (C=O) groups excluding carboxylic acids is 1. The van der Waals surface area contributed by atoms with E-state index in [1.54, 1.807) is 12.1 Å². The van der Waals surface area contributed by atoms with E-state index in [0.717, 1.165) is 10.2 Å². The fourth-order valence-electron chi connectivity index (χ4n) is 3.60. The number of benzene rings is 2. The Morgan fingerprint density at radius 3 is 2.63 bits per heavy atom. The summed E-state index contributed by atoms with van der Waals surface area (Å²) < 4.78 is 46.6. The smallest absolute Gasteiger partial charge is 0.436 e. The maximum absolute atomic E-state index is 13.2. The first-order chi connectivity index (χ1) is 16.5. The summed E-state index contributed by atoms with van der Waals surface area (Å²) in [5, 5.41) is 17.1. The summed E-state index contributed by atoms with van der Waals surface area (Å²) in [6.07, 6.45) is -3.52. The van der Waals surface area contributed by atoms with E-state index < -0.39 is 27.7 Å². The van der Waals surface area contributed by atoms with Gasteiger partial charge in [0.15, 0.2) is 5.69 Å². The molecule has 0 radical (unpaired) electrons. The van der Waals surface area contributed by atoms with Gasteiger partial charge in [0, 0.05) is 24.5 Å². The number of ether oxygens (including phenoxy) is 1. The highest BCUT2D eigenvalue weighted by molar-refractivity contribution is 6.32. The average Bonchev–Trinajstić information content (AvgIpc) is 3.55. The lowest BCUT2D eigenvalue weighted by Gasteiger charge is -2.11. The molecule has 35 heavy (non-hydrogen) atoms. The Labute approximate surface area is 202 Å².